The van der Waals surface area contributed by atoms with Crippen LogP contribution in [0.25, 0.3) is 0 Å². The van der Waals surface area contributed by atoms with Gasteiger partial charge in [-0.2, -0.15) is 0 Å². The number of benzene rings is 1. The van der Waals surface area contributed by atoms with E-state index in [4.69, 9.17) is 23.7 Å². The summed E-state index contributed by atoms with van der Waals surface area (Å²) < 4.78 is 27.1. The second kappa shape index (κ2) is 15.9. The van der Waals surface area contributed by atoms with Gasteiger partial charge in [0.15, 0.2) is 6.61 Å². The van der Waals surface area contributed by atoms with E-state index < -0.39 is 53.6 Å². The van der Waals surface area contributed by atoms with E-state index in [1.54, 1.807) is 52.5 Å². The van der Waals surface area contributed by atoms with Crippen LogP contribution >= 0.6 is 11.3 Å². The summed E-state index contributed by atoms with van der Waals surface area (Å²) in [5, 5.41) is 2.58. The number of carbonyl (C=O) groups is 5. The molecule has 252 valence electrons. The van der Waals surface area contributed by atoms with Gasteiger partial charge < -0.3 is 33.9 Å². The van der Waals surface area contributed by atoms with Crippen LogP contribution in [0.2, 0.25) is 0 Å². The molecule has 0 aliphatic carbocycles. The SMILES string of the molecule is CCCCOC(=O)COc1ccc(OC(C(=O)CNC(=O)c2cc3c(s2)CCN(C(=O)OC(C)(C)C)C3)C(=O)OC(C)(C)C)cc1. The first-order valence-corrected chi connectivity index (χ1v) is 16.0. The first kappa shape index (κ1) is 36.3. The maximum absolute atomic E-state index is 13.2. The first-order chi connectivity index (χ1) is 21.5. The van der Waals surface area contributed by atoms with Gasteiger partial charge in [0.1, 0.15) is 22.7 Å². The van der Waals surface area contributed by atoms with Gasteiger partial charge in [-0.1, -0.05) is 13.3 Å². The summed E-state index contributed by atoms with van der Waals surface area (Å²) in [7, 11) is 0. The lowest BCUT2D eigenvalue weighted by molar-refractivity contribution is -0.165. The molecular weight excluding hydrogens is 616 g/mol. The number of ketones is 1. The predicted octanol–water partition coefficient (Wildman–Crippen LogP) is 4.85. The van der Waals surface area contributed by atoms with E-state index in [0.717, 1.165) is 23.3 Å². The van der Waals surface area contributed by atoms with Crippen molar-refractivity contribution >= 4 is 41.1 Å². The molecule has 1 aliphatic rings. The molecule has 1 N–H and O–H groups in total. The van der Waals surface area contributed by atoms with E-state index in [2.05, 4.69) is 5.32 Å². The quantitative estimate of drug-likeness (QED) is 0.137. The minimum atomic E-state index is -1.65. The summed E-state index contributed by atoms with van der Waals surface area (Å²) in [6.45, 7) is 12.7. The third-order valence-corrected chi connectivity index (χ3v) is 7.51. The molecule has 0 spiro atoms. The van der Waals surface area contributed by atoms with Crippen molar-refractivity contribution in [3.05, 3.63) is 45.6 Å². The van der Waals surface area contributed by atoms with Crippen LogP contribution in [0.3, 0.4) is 0 Å². The molecule has 0 radical (unpaired) electrons. The topological polar surface area (TPSA) is 147 Å². The van der Waals surface area contributed by atoms with Crippen molar-refractivity contribution in [1.29, 1.82) is 0 Å². The van der Waals surface area contributed by atoms with Crippen LogP contribution < -0.4 is 14.8 Å². The lowest BCUT2D eigenvalue weighted by atomic mass is 10.1. The molecule has 1 aliphatic heterocycles. The minimum Gasteiger partial charge on any atom is -0.482 e. The number of nitrogens with one attached hydrogen (secondary N) is 1. The molecule has 2 amide bonds. The number of hydrogen-bond donors (Lipinski definition) is 1. The summed E-state index contributed by atoms with van der Waals surface area (Å²) in [5.74, 6) is -2.06. The second-order valence-corrected chi connectivity index (χ2v) is 13.9. The fourth-order valence-corrected chi connectivity index (χ4v) is 5.22. The summed E-state index contributed by atoms with van der Waals surface area (Å²) in [6.07, 6.45) is 0.179. The summed E-state index contributed by atoms with van der Waals surface area (Å²) >= 11 is 1.29. The van der Waals surface area contributed by atoms with Gasteiger partial charge >= 0.3 is 18.0 Å². The van der Waals surface area contributed by atoms with E-state index >= 15 is 0 Å². The van der Waals surface area contributed by atoms with Crippen molar-refractivity contribution in [3.8, 4) is 11.5 Å². The van der Waals surface area contributed by atoms with Crippen molar-refractivity contribution in [3.63, 3.8) is 0 Å². The van der Waals surface area contributed by atoms with E-state index in [9.17, 15) is 24.0 Å². The molecule has 1 atom stereocenters. The molecule has 0 saturated carbocycles. The number of amides is 2. The normalized spacial score (nSPS) is 13.6. The van der Waals surface area contributed by atoms with Crippen LogP contribution in [-0.4, -0.2) is 78.2 Å². The Morgan fingerprint density at radius 3 is 2.24 bits per heavy atom. The Bertz CT molecular complexity index is 1390. The van der Waals surface area contributed by atoms with Gasteiger partial charge in [0.05, 0.1) is 24.6 Å². The van der Waals surface area contributed by atoms with E-state index in [1.165, 1.54) is 35.6 Å². The maximum atomic E-state index is 13.2. The smallest absolute Gasteiger partial charge is 0.410 e. The van der Waals surface area contributed by atoms with Gasteiger partial charge in [-0.15, -0.1) is 11.3 Å². The Kier molecular flexibility index (Phi) is 12.6. The molecule has 0 fully saturated rings. The predicted molar refractivity (Wildman–Crippen MR) is 170 cm³/mol. The third kappa shape index (κ3) is 11.7. The Morgan fingerprint density at radius 2 is 1.61 bits per heavy atom. The number of hydrogen-bond acceptors (Lipinski definition) is 11. The number of ether oxygens (including phenoxy) is 5. The highest BCUT2D eigenvalue weighted by molar-refractivity contribution is 7.14. The molecule has 1 unspecified atom stereocenters. The lowest BCUT2D eigenvalue weighted by Gasteiger charge is -2.29. The number of Topliss-reactive ketones (excluding diaryl/α,β-unsaturated/α-hetero) is 1. The standard InChI is InChI=1S/C33H44N2O10S/c1-8-9-16-41-27(37)20-42-22-10-12-23(13-11-22)43-28(30(39)44-32(2,3)4)24(36)18-34-29(38)26-17-21-19-35(15-14-25(21)46-26)31(40)45-33(5,6)7/h10-13,17,28H,8-9,14-16,18-20H2,1-7H3,(H,34,38). The fraction of sp³-hybridized carbons (Fsp3) is 0.545. The summed E-state index contributed by atoms with van der Waals surface area (Å²) in [6, 6.07) is 7.72. The average molecular weight is 661 g/mol. The van der Waals surface area contributed by atoms with Crippen molar-refractivity contribution in [2.24, 2.45) is 0 Å². The van der Waals surface area contributed by atoms with Gasteiger partial charge in [-0.05, 0) is 90.3 Å². The molecule has 1 aromatic heterocycles. The molecule has 46 heavy (non-hydrogen) atoms. The molecule has 2 heterocycles. The van der Waals surface area contributed by atoms with Crippen LogP contribution in [0.4, 0.5) is 4.79 Å². The van der Waals surface area contributed by atoms with E-state index in [1.807, 2.05) is 6.92 Å². The van der Waals surface area contributed by atoms with E-state index in [-0.39, 0.29) is 12.4 Å². The van der Waals surface area contributed by atoms with Crippen LogP contribution in [0.15, 0.2) is 30.3 Å². The molecule has 0 saturated heterocycles. The van der Waals surface area contributed by atoms with Crippen molar-refractivity contribution < 1.29 is 47.7 Å². The van der Waals surface area contributed by atoms with Gasteiger partial charge in [0, 0.05) is 11.4 Å². The lowest BCUT2D eigenvalue weighted by Crippen LogP contribution is -2.45. The van der Waals surface area contributed by atoms with E-state index in [0.29, 0.717) is 36.7 Å². The van der Waals surface area contributed by atoms with Crippen molar-refractivity contribution in [2.75, 3.05) is 26.3 Å². The number of carbonyl (C=O) groups excluding carboxylic acids is 5. The molecule has 12 nitrogen and oxygen atoms in total. The van der Waals surface area contributed by atoms with Gasteiger partial charge in [0.2, 0.25) is 5.78 Å². The zero-order valence-electron chi connectivity index (χ0n) is 27.6. The molecule has 2 aromatic rings. The second-order valence-electron chi connectivity index (χ2n) is 12.7. The highest BCUT2D eigenvalue weighted by Gasteiger charge is 2.34. The third-order valence-electron chi connectivity index (χ3n) is 6.27. The maximum Gasteiger partial charge on any atom is 0.410 e. The molecule has 0 bridgehead atoms. The highest BCUT2D eigenvalue weighted by atomic mass is 32.1. The van der Waals surface area contributed by atoms with Gasteiger partial charge in [-0.3, -0.25) is 9.59 Å². The summed E-state index contributed by atoms with van der Waals surface area (Å²) in [5.41, 5.74) is -0.670. The minimum absolute atomic E-state index is 0.175. The Hall–Kier alpha value is -4.13. The number of unbranched alkanes of at least 4 members (excludes halogenated alkanes) is 1. The highest BCUT2D eigenvalue weighted by Crippen LogP contribution is 2.29. The van der Waals surface area contributed by atoms with Crippen molar-refractivity contribution in [2.45, 2.75) is 91.6 Å². The van der Waals surface area contributed by atoms with Crippen LogP contribution in [0.1, 0.15) is 81.4 Å². The number of nitrogens with zero attached hydrogens (tertiary/aromatic N) is 1. The number of esters is 2. The summed E-state index contributed by atoms with van der Waals surface area (Å²) in [4.78, 5) is 66.5. The molecule has 3 rings (SSSR count). The Labute approximate surface area is 273 Å². The largest absolute Gasteiger partial charge is 0.482 e. The average Bonchev–Trinajstić information content (AvgIpc) is 3.40. The van der Waals surface area contributed by atoms with Crippen LogP contribution in [0.5, 0.6) is 11.5 Å². The Morgan fingerprint density at radius 1 is 0.957 bits per heavy atom. The Balaban J connectivity index is 1.61. The number of rotatable bonds is 13. The number of fused-ring (bicyclic) bond motifs is 1. The van der Waals surface area contributed by atoms with Crippen LogP contribution in [-0.2, 0) is 41.6 Å². The number of thiophene rings is 1. The first-order valence-electron chi connectivity index (χ1n) is 15.2. The molecular formula is C33H44N2O10S. The van der Waals surface area contributed by atoms with Crippen LogP contribution in [0, 0.1) is 0 Å². The van der Waals surface area contributed by atoms with Crippen molar-refractivity contribution in [1.82, 2.24) is 10.2 Å². The van der Waals surface area contributed by atoms with Gasteiger partial charge in [-0.25, -0.2) is 14.4 Å². The monoisotopic (exact) mass is 660 g/mol. The fourth-order valence-electron chi connectivity index (χ4n) is 4.14. The van der Waals surface area contributed by atoms with Gasteiger partial charge in [0.25, 0.3) is 12.0 Å². The molecule has 13 heteroatoms. The zero-order chi connectivity index (χ0) is 34.1. The zero-order valence-corrected chi connectivity index (χ0v) is 28.4. The molecule has 1 aromatic carbocycles.